The van der Waals surface area contributed by atoms with E-state index < -0.39 is 0 Å². The maximum atomic E-state index is 14.2. The minimum absolute atomic E-state index is 0.349. The summed E-state index contributed by atoms with van der Waals surface area (Å²) in [4.78, 5) is 8.89. The number of fused-ring (bicyclic) bond motifs is 2. The maximum absolute atomic E-state index is 14.2. The Kier molecular flexibility index (Phi) is 2.97. The lowest BCUT2D eigenvalue weighted by molar-refractivity contribution is 0.633. The van der Waals surface area contributed by atoms with Crippen molar-refractivity contribution in [2.24, 2.45) is 7.05 Å². The highest BCUT2D eigenvalue weighted by atomic mass is 19.1. The first kappa shape index (κ1) is 13.6. The Morgan fingerprint density at radius 3 is 2.83 bits per heavy atom. The number of hydrogen-bond acceptors (Lipinski definition) is 4. The van der Waals surface area contributed by atoms with Crippen molar-refractivity contribution in [1.29, 1.82) is 0 Å². The molecule has 0 atom stereocenters. The molecule has 0 fully saturated rings. The standard InChI is InChI=1S/C17H14FN5/c1-19-13-6-10-3-4-15(21-17(10)20-8-13)11-5-12-9-23(2)22-16(12)14(18)7-11/h3-9,19H,1-2H3. The summed E-state index contributed by atoms with van der Waals surface area (Å²) in [5, 5.41) is 8.85. The molecule has 0 radical (unpaired) electrons. The fourth-order valence-corrected chi connectivity index (χ4v) is 2.67. The predicted octanol–water partition coefficient (Wildman–Crippen LogP) is 3.36. The van der Waals surface area contributed by atoms with Gasteiger partial charge >= 0.3 is 0 Å². The van der Waals surface area contributed by atoms with Gasteiger partial charge in [0.2, 0.25) is 0 Å². The minimum Gasteiger partial charge on any atom is -0.387 e. The Bertz CT molecular complexity index is 1040. The van der Waals surface area contributed by atoms with Gasteiger partial charge in [-0.3, -0.25) is 4.68 Å². The summed E-state index contributed by atoms with van der Waals surface area (Å²) in [6.45, 7) is 0. The molecule has 4 aromatic rings. The van der Waals surface area contributed by atoms with Crippen LogP contribution in [0.2, 0.25) is 0 Å². The molecule has 5 nitrogen and oxygen atoms in total. The SMILES string of the molecule is CNc1cnc2nc(-c3cc(F)c4nn(C)cc4c3)ccc2c1. The molecule has 0 unspecified atom stereocenters. The van der Waals surface area contributed by atoms with E-state index in [1.807, 2.05) is 31.3 Å². The summed E-state index contributed by atoms with van der Waals surface area (Å²) in [5.74, 6) is -0.349. The third-order valence-electron chi connectivity index (χ3n) is 3.80. The van der Waals surface area contributed by atoms with E-state index in [1.165, 1.54) is 6.07 Å². The average Bonchev–Trinajstić information content (AvgIpc) is 2.94. The Hall–Kier alpha value is -3.02. The van der Waals surface area contributed by atoms with Crippen molar-refractivity contribution in [2.45, 2.75) is 0 Å². The lowest BCUT2D eigenvalue weighted by Gasteiger charge is -2.05. The molecule has 6 heteroatoms. The van der Waals surface area contributed by atoms with Crippen LogP contribution in [0.4, 0.5) is 10.1 Å². The van der Waals surface area contributed by atoms with E-state index in [0.717, 1.165) is 16.5 Å². The van der Waals surface area contributed by atoms with E-state index in [9.17, 15) is 4.39 Å². The average molecular weight is 307 g/mol. The van der Waals surface area contributed by atoms with E-state index in [-0.39, 0.29) is 5.82 Å². The minimum atomic E-state index is -0.349. The molecule has 0 saturated heterocycles. The molecule has 23 heavy (non-hydrogen) atoms. The number of aryl methyl sites for hydroxylation is 1. The summed E-state index contributed by atoms with van der Waals surface area (Å²) in [6, 6.07) is 9.15. The van der Waals surface area contributed by atoms with E-state index in [1.54, 1.807) is 24.1 Å². The molecule has 0 spiro atoms. The van der Waals surface area contributed by atoms with Crippen molar-refractivity contribution in [3.63, 3.8) is 0 Å². The lowest BCUT2D eigenvalue weighted by Crippen LogP contribution is -1.93. The molecule has 0 bridgehead atoms. The fourth-order valence-electron chi connectivity index (χ4n) is 2.67. The Morgan fingerprint density at radius 2 is 2.00 bits per heavy atom. The Labute approximate surface area is 131 Å². The van der Waals surface area contributed by atoms with Gasteiger partial charge in [0, 0.05) is 36.6 Å². The normalized spacial score (nSPS) is 11.3. The van der Waals surface area contributed by atoms with E-state index in [4.69, 9.17) is 0 Å². The number of halogens is 1. The summed E-state index contributed by atoms with van der Waals surface area (Å²) in [7, 11) is 3.62. The van der Waals surface area contributed by atoms with Gasteiger partial charge in [-0.25, -0.2) is 14.4 Å². The summed E-state index contributed by atoms with van der Waals surface area (Å²) < 4.78 is 15.8. The molecule has 0 aliphatic heterocycles. The number of benzene rings is 1. The Balaban J connectivity index is 1.88. The van der Waals surface area contributed by atoms with Gasteiger partial charge in [0.25, 0.3) is 0 Å². The number of hydrogen-bond donors (Lipinski definition) is 1. The maximum Gasteiger partial charge on any atom is 0.159 e. The van der Waals surface area contributed by atoms with Crippen LogP contribution in [0.15, 0.2) is 42.7 Å². The van der Waals surface area contributed by atoms with Crippen LogP contribution in [0.3, 0.4) is 0 Å². The van der Waals surface area contributed by atoms with Gasteiger partial charge < -0.3 is 5.32 Å². The first-order chi connectivity index (χ1) is 11.1. The topological polar surface area (TPSA) is 55.6 Å². The molecule has 0 aliphatic rings. The van der Waals surface area contributed by atoms with E-state index in [0.29, 0.717) is 22.4 Å². The zero-order valence-corrected chi connectivity index (χ0v) is 12.7. The number of pyridine rings is 2. The van der Waals surface area contributed by atoms with Gasteiger partial charge in [-0.2, -0.15) is 5.10 Å². The highest BCUT2D eigenvalue weighted by Crippen LogP contribution is 2.26. The molecule has 114 valence electrons. The van der Waals surface area contributed by atoms with Crippen molar-refractivity contribution >= 4 is 27.6 Å². The van der Waals surface area contributed by atoms with Gasteiger partial charge in [0.15, 0.2) is 11.5 Å². The summed E-state index contributed by atoms with van der Waals surface area (Å²) >= 11 is 0. The van der Waals surface area contributed by atoms with Gasteiger partial charge in [-0.05, 0) is 30.3 Å². The van der Waals surface area contributed by atoms with Crippen LogP contribution in [0.1, 0.15) is 0 Å². The quantitative estimate of drug-likeness (QED) is 0.617. The van der Waals surface area contributed by atoms with Crippen LogP contribution in [0, 0.1) is 5.82 Å². The smallest absolute Gasteiger partial charge is 0.159 e. The number of anilines is 1. The zero-order chi connectivity index (χ0) is 16.0. The summed E-state index contributed by atoms with van der Waals surface area (Å²) in [5.41, 5.74) is 3.33. The molecule has 0 aliphatic carbocycles. The number of nitrogens with zero attached hydrogens (tertiary/aromatic N) is 4. The molecule has 3 aromatic heterocycles. The number of aromatic nitrogens is 4. The highest BCUT2D eigenvalue weighted by Gasteiger charge is 2.10. The molecule has 1 N–H and O–H groups in total. The largest absolute Gasteiger partial charge is 0.387 e. The van der Waals surface area contributed by atoms with Crippen LogP contribution in [0.25, 0.3) is 33.2 Å². The van der Waals surface area contributed by atoms with Crippen LogP contribution in [-0.4, -0.2) is 26.8 Å². The first-order valence-electron chi connectivity index (χ1n) is 7.22. The molecular formula is C17H14FN5. The zero-order valence-electron chi connectivity index (χ0n) is 12.7. The van der Waals surface area contributed by atoms with Crippen molar-refractivity contribution in [3.05, 3.63) is 48.5 Å². The second kappa shape index (κ2) is 5.01. The van der Waals surface area contributed by atoms with Gasteiger partial charge in [0.05, 0.1) is 17.6 Å². The van der Waals surface area contributed by atoms with E-state index in [2.05, 4.69) is 20.4 Å². The number of nitrogens with one attached hydrogen (secondary N) is 1. The number of rotatable bonds is 2. The molecule has 3 heterocycles. The fraction of sp³-hybridized carbons (Fsp3) is 0.118. The van der Waals surface area contributed by atoms with Crippen LogP contribution in [0.5, 0.6) is 0 Å². The molecule has 4 rings (SSSR count). The highest BCUT2D eigenvalue weighted by molar-refractivity contribution is 5.86. The third kappa shape index (κ3) is 2.28. The summed E-state index contributed by atoms with van der Waals surface area (Å²) in [6.07, 6.45) is 3.52. The second-order valence-electron chi connectivity index (χ2n) is 5.42. The van der Waals surface area contributed by atoms with Crippen molar-refractivity contribution in [1.82, 2.24) is 19.7 Å². The third-order valence-corrected chi connectivity index (χ3v) is 3.80. The van der Waals surface area contributed by atoms with Crippen LogP contribution in [-0.2, 0) is 7.05 Å². The predicted molar refractivity (Wildman–Crippen MR) is 88.8 cm³/mol. The van der Waals surface area contributed by atoms with Gasteiger partial charge in [0.1, 0.15) is 5.52 Å². The van der Waals surface area contributed by atoms with Crippen molar-refractivity contribution < 1.29 is 4.39 Å². The van der Waals surface area contributed by atoms with Crippen LogP contribution >= 0.6 is 0 Å². The molecule has 0 saturated carbocycles. The second-order valence-corrected chi connectivity index (χ2v) is 5.42. The lowest BCUT2D eigenvalue weighted by atomic mass is 10.1. The molecular weight excluding hydrogens is 293 g/mol. The van der Waals surface area contributed by atoms with Crippen molar-refractivity contribution in [2.75, 3.05) is 12.4 Å². The van der Waals surface area contributed by atoms with Crippen LogP contribution < -0.4 is 5.32 Å². The van der Waals surface area contributed by atoms with Gasteiger partial charge in [-0.15, -0.1) is 0 Å². The van der Waals surface area contributed by atoms with Gasteiger partial charge in [-0.1, -0.05) is 0 Å². The Morgan fingerprint density at radius 1 is 1.13 bits per heavy atom. The molecule has 0 amide bonds. The molecule has 1 aromatic carbocycles. The first-order valence-corrected chi connectivity index (χ1v) is 7.22. The monoisotopic (exact) mass is 307 g/mol. The van der Waals surface area contributed by atoms with Crippen molar-refractivity contribution in [3.8, 4) is 11.3 Å². The van der Waals surface area contributed by atoms with E-state index >= 15 is 0 Å².